The van der Waals surface area contributed by atoms with Crippen molar-refractivity contribution in [3.63, 3.8) is 0 Å². The van der Waals surface area contributed by atoms with Gasteiger partial charge in [-0.15, -0.1) is 0 Å². The summed E-state index contributed by atoms with van der Waals surface area (Å²) in [5.41, 5.74) is 3.58. The largest absolute Gasteiger partial charge is 0.368 e. The van der Waals surface area contributed by atoms with Crippen molar-refractivity contribution in [2.75, 3.05) is 31.1 Å². The zero-order chi connectivity index (χ0) is 16.8. The fraction of sp³-hybridized carbons (Fsp3) is 0.250. The van der Waals surface area contributed by atoms with Crippen LogP contribution >= 0.6 is 11.6 Å². The highest BCUT2D eigenvalue weighted by Gasteiger charge is 2.15. The first-order chi connectivity index (χ1) is 11.7. The van der Waals surface area contributed by atoms with Crippen LogP contribution in [0.15, 0.2) is 65.3 Å². The minimum Gasteiger partial charge on any atom is -0.368 e. The molecule has 0 aromatic heterocycles. The van der Waals surface area contributed by atoms with Crippen LogP contribution in [0.3, 0.4) is 0 Å². The molecule has 1 fully saturated rings. The number of hydrogen-bond donors (Lipinski definition) is 0. The number of piperazine rings is 1. The Bertz CT molecular complexity index is 699. The number of hydrogen-bond acceptors (Lipinski definition) is 3. The molecule has 0 N–H and O–H groups in total. The van der Waals surface area contributed by atoms with E-state index in [-0.39, 0.29) is 0 Å². The van der Waals surface area contributed by atoms with Crippen molar-refractivity contribution in [2.45, 2.75) is 6.92 Å². The highest BCUT2D eigenvalue weighted by molar-refractivity contribution is 6.30. The summed E-state index contributed by atoms with van der Waals surface area (Å²) in [4.78, 5) is 2.37. The fourth-order valence-corrected chi connectivity index (χ4v) is 2.87. The highest BCUT2D eigenvalue weighted by atomic mass is 35.5. The number of benzene rings is 2. The first-order valence-corrected chi connectivity index (χ1v) is 8.61. The Labute approximate surface area is 148 Å². The molecule has 124 valence electrons. The SMILES string of the molecule is CC(/C=N/N1CCN(c2ccc(Cl)cc2)CC1)=C\c1ccccc1. The molecule has 1 heterocycles. The lowest BCUT2D eigenvalue weighted by Gasteiger charge is -2.34. The Morgan fingerprint density at radius 3 is 2.29 bits per heavy atom. The highest BCUT2D eigenvalue weighted by Crippen LogP contribution is 2.19. The number of anilines is 1. The molecule has 1 saturated heterocycles. The zero-order valence-corrected chi connectivity index (χ0v) is 14.7. The quantitative estimate of drug-likeness (QED) is 0.761. The van der Waals surface area contributed by atoms with Crippen molar-refractivity contribution in [3.05, 3.63) is 70.8 Å². The fourth-order valence-electron chi connectivity index (χ4n) is 2.74. The maximum Gasteiger partial charge on any atom is 0.0536 e. The summed E-state index contributed by atoms with van der Waals surface area (Å²) < 4.78 is 0. The van der Waals surface area contributed by atoms with Crippen LogP contribution in [0.25, 0.3) is 6.08 Å². The molecule has 0 bridgehead atoms. The van der Waals surface area contributed by atoms with Gasteiger partial charge in [0.05, 0.1) is 13.1 Å². The van der Waals surface area contributed by atoms with Crippen LogP contribution < -0.4 is 4.90 Å². The van der Waals surface area contributed by atoms with Crippen molar-refractivity contribution in [1.29, 1.82) is 0 Å². The van der Waals surface area contributed by atoms with Gasteiger partial charge in [0.2, 0.25) is 0 Å². The second kappa shape index (κ2) is 8.02. The molecule has 3 rings (SSSR count). The molecule has 0 saturated carbocycles. The Kier molecular flexibility index (Phi) is 5.55. The van der Waals surface area contributed by atoms with E-state index in [0.717, 1.165) is 36.8 Å². The summed E-state index contributed by atoms with van der Waals surface area (Å²) >= 11 is 5.95. The van der Waals surface area contributed by atoms with Gasteiger partial charge < -0.3 is 4.90 Å². The van der Waals surface area contributed by atoms with Gasteiger partial charge in [-0.3, -0.25) is 5.01 Å². The Hall–Kier alpha value is -2.26. The maximum atomic E-state index is 5.95. The van der Waals surface area contributed by atoms with E-state index in [2.05, 4.69) is 52.3 Å². The van der Waals surface area contributed by atoms with E-state index < -0.39 is 0 Å². The molecule has 4 heteroatoms. The lowest BCUT2D eigenvalue weighted by molar-refractivity contribution is 0.272. The predicted octanol–water partition coefficient (Wildman–Crippen LogP) is 4.55. The Morgan fingerprint density at radius 1 is 0.958 bits per heavy atom. The molecule has 3 nitrogen and oxygen atoms in total. The monoisotopic (exact) mass is 339 g/mol. The third-order valence-corrected chi connectivity index (χ3v) is 4.32. The van der Waals surface area contributed by atoms with E-state index >= 15 is 0 Å². The number of allylic oxidation sites excluding steroid dienone is 1. The van der Waals surface area contributed by atoms with Crippen molar-refractivity contribution >= 4 is 29.6 Å². The van der Waals surface area contributed by atoms with E-state index in [1.165, 1.54) is 11.3 Å². The first kappa shape index (κ1) is 16.6. The first-order valence-electron chi connectivity index (χ1n) is 8.23. The lowest BCUT2D eigenvalue weighted by Crippen LogP contribution is -2.44. The van der Waals surface area contributed by atoms with E-state index in [0.29, 0.717) is 0 Å². The third kappa shape index (κ3) is 4.62. The van der Waals surface area contributed by atoms with Gasteiger partial charge in [-0.05, 0) is 42.3 Å². The van der Waals surface area contributed by atoms with Crippen molar-refractivity contribution in [3.8, 4) is 0 Å². The van der Waals surface area contributed by atoms with Crippen molar-refractivity contribution < 1.29 is 0 Å². The number of rotatable bonds is 4. The minimum absolute atomic E-state index is 0.780. The van der Waals surface area contributed by atoms with Crippen LogP contribution in [0.5, 0.6) is 0 Å². The minimum atomic E-state index is 0.780. The molecular formula is C20H22ClN3. The molecule has 1 aliphatic rings. The van der Waals surface area contributed by atoms with Gasteiger partial charge in [-0.1, -0.05) is 48.0 Å². The van der Waals surface area contributed by atoms with Crippen molar-refractivity contribution in [2.24, 2.45) is 5.10 Å². The Balaban J connectivity index is 1.53. The van der Waals surface area contributed by atoms with E-state index in [1.807, 2.05) is 36.5 Å². The average molecular weight is 340 g/mol. The van der Waals surface area contributed by atoms with Gasteiger partial charge >= 0.3 is 0 Å². The van der Waals surface area contributed by atoms with Crippen LogP contribution in [-0.4, -0.2) is 37.4 Å². The van der Waals surface area contributed by atoms with Gasteiger partial charge in [0.15, 0.2) is 0 Å². The second-order valence-corrected chi connectivity index (χ2v) is 6.40. The maximum absolute atomic E-state index is 5.95. The third-order valence-electron chi connectivity index (χ3n) is 4.07. The Morgan fingerprint density at radius 2 is 1.62 bits per heavy atom. The van der Waals surface area contributed by atoms with Crippen LogP contribution in [0.2, 0.25) is 5.02 Å². The summed E-state index contributed by atoms with van der Waals surface area (Å²) in [6.07, 6.45) is 4.10. The molecule has 0 spiro atoms. The zero-order valence-electron chi connectivity index (χ0n) is 13.9. The van der Waals surface area contributed by atoms with Crippen LogP contribution in [0, 0.1) is 0 Å². The van der Waals surface area contributed by atoms with Crippen molar-refractivity contribution in [1.82, 2.24) is 5.01 Å². The normalized spacial score (nSPS) is 16.0. The second-order valence-electron chi connectivity index (χ2n) is 5.96. The van der Waals surface area contributed by atoms with Crippen LogP contribution in [-0.2, 0) is 0 Å². The predicted molar refractivity (Wildman–Crippen MR) is 104 cm³/mol. The molecule has 1 aliphatic heterocycles. The average Bonchev–Trinajstić information content (AvgIpc) is 2.62. The molecule has 2 aromatic rings. The summed E-state index contributed by atoms with van der Waals surface area (Å²) in [5.74, 6) is 0. The number of halogens is 1. The summed E-state index contributed by atoms with van der Waals surface area (Å²) in [7, 11) is 0. The summed E-state index contributed by atoms with van der Waals surface area (Å²) in [5, 5.41) is 7.53. The van der Waals surface area contributed by atoms with E-state index in [9.17, 15) is 0 Å². The lowest BCUT2D eigenvalue weighted by atomic mass is 10.1. The van der Waals surface area contributed by atoms with Gasteiger partial charge in [0, 0.05) is 30.0 Å². The molecular weight excluding hydrogens is 318 g/mol. The van der Waals surface area contributed by atoms with Crippen LogP contribution in [0.4, 0.5) is 5.69 Å². The molecule has 0 amide bonds. The molecule has 0 radical (unpaired) electrons. The standard InChI is InChI=1S/C20H22ClN3/c1-17(15-18-5-3-2-4-6-18)16-22-24-13-11-23(12-14-24)20-9-7-19(21)8-10-20/h2-10,15-16H,11-14H2,1H3/b17-15+,22-16+. The van der Waals surface area contributed by atoms with Gasteiger partial charge in [0.1, 0.15) is 0 Å². The smallest absolute Gasteiger partial charge is 0.0536 e. The molecule has 0 aliphatic carbocycles. The van der Waals surface area contributed by atoms with Crippen LogP contribution in [0.1, 0.15) is 12.5 Å². The topological polar surface area (TPSA) is 18.8 Å². The number of hydrazone groups is 1. The van der Waals surface area contributed by atoms with Gasteiger partial charge in [-0.25, -0.2) is 0 Å². The molecule has 0 atom stereocenters. The number of nitrogens with zero attached hydrogens (tertiary/aromatic N) is 3. The van der Waals surface area contributed by atoms with E-state index in [4.69, 9.17) is 11.6 Å². The van der Waals surface area contributed by atoms with Gasteiger partial charge in [-0.2, -0.15) is 5.10 Å². The van der Waals surface area contributed by atoms with E-state index in [1.54, 1.807) is 0 Å². The summed E-state index contributed by atoms with van der Waals surface area (Å²) in [6.45, 7) is 5.89. The molecule has 0 unspecified atom stereocenters. The molecule has 24 heavy (non-hydrogen) atoms. The summed E-state index contributed by atoms with van der Waals surface area (Å²) in [6, 6.07) is 18.4. The van der Waals surface area contributed by atoms with Gasteiger partial charge in [0.25, 0.3) is 0 Å². The molecule has 2 aromatic carbocycles.